The Morgan fingerprint density at radius 1 is 1.22 bits per heavy atom. The molecule has 1 aliphatic carbocycles. The monoisotopic (exact) mass is 245 g/mol. The number of benzene rings is 1. The first kappa shape index (κ1) is 11.7. The lowest BCUT2D eigenvalue weighted by Gasteiger charge is -2.37. The van der Waals surface area contributed by atoms with Gasteiger partial charge in [0.1, 0.15) is 6.10 Å². The molecule has 0 bridgehead atoms. The third-order valence-electron chi connectivity index (χ3n) is 3.67. The van der Waals surface area contributed by atoms with Gasteiger partial charge in [-0.1, -0.05) is 30.3 Å². The molecular weight excluding hydrogens is 226 g/mol. The molecule has 0 radical (unpaired) electrons. The van der Waals surface area contributed by atoms with Gasteiger partial charge in [0, 0.05) is 12.5 Å². The van der Waals surface area contributed by atoms with Crippen molar-refractivity contribution in [3.8, 4) is 0 Å². The van der Waals surface area contributed by atoms with Crippen LogP contribution in [0.25, 0.3) is 0 Å². The summed E-state index contributed by atoms with van der Waals surface area (Å²) in [6.07, 6.45) is 2.28. The topological polar surface area (TPSA) is 29.5 Å². The minimum atomic E-state index is 0.0256. The molecule has 18 heavy (non-hydrogen) atoms. The van der Waals surface area contributed by atoms with Crippen LogP contribution in [0.2, 0.25) is 0 Å². The van der Waals surface area contributed by atoms with Crippen molar-refractivity contribution in [1.82, 2.24) is 4.90 Å². The smallest absolute Gasteiger partial charge is 0.225 e. The van der Waals surface area contributed by atoms with Crippen molar-refractivity contribution >= 4 is 5.91 Å². The van der Waals surface area contributed by atoms with Gasteiger partial charge >= 0.3 is 0 Å². The van der Waals surface area contributed by atoms with E-state index in [1.165, 1.54) is 0 Å². The largest absolute Gasteiger partial charge is 0.367 e. The van der Waals surface area contributed by atoms with Crippen LogP contribution in [-0.2, 0) is 9.53 Å². The maximum atomic E-state index is 12.2. The first-order chi connectivity index (χ1) is 8.74. The van der Waals surface area contributed by atoms with E-state index in [0.29, 0.717) is 18.4 Å². The molecule has 1 aliphatic heterocycles. The zero-order valence-electron chi connectivity index (χ0n) is 10.7. The molecule has 2 unspecified atom stereocenters. The van der Waals surface area contributed by atoms with Crippen LogP contribution >= 0.6 is 0 Å². The Bertz CT molecular complexity index is 427. The van der Waals surface area contributed by atoms with Gasteiger partial charge in [-0.05, 0) is 25.3 Å². The highest BCUT2D eigenvalue weighted by Gasteiger charge is 2.37. The predicted octanol–water partition coefficient (Wildman–Crippen LogP) is 2.39. The maximum Gasteiger partial charge on any atom is 0.225 e. The van der Waals surface area contributed by atoms with Gasteiger partial charge in [0.2, 0.25) is 5.91 Å². The van der Waals surface area contributed by atoms with Crippen molar-refractivity contribution in [2.75, 3.05) is 13.1 Å². The highest BCUT2D eigenvalue weighted by molar-refractivity contribution is 5.81. The van der Waals surface area contributed by atoms with Crippen LogP contribution in [0.15, 0.2) is 30.3 Å². The Morgan fingerprint density at radius 3 is 2.61 bits per heavy atom. The van der Waals surface area contributed by atoms with Crippen molar-refractivity contribution in [2.45, 2.75) is 32.0 Å². The normalized spacial score (nSPS) is 28.2. The van der Waals surface area contributed by atoms with E-state index in [1.54, 1.807) is 0 Å². The van der Waals surface area contributed by atoms with Crippen LogP contribution in [-0.4, -0.2) is 30.0 Å². The molecular formula is C15H19NO2. The fraction of sp³-hybridized carbons (Fsp3) is 0.533. The number of nitrogens with zero attached hydrogens (tertiary/aromatic N) is 1. The molecule has 2 fully saturated rings. The van der Waals surface area contributed by atoms with Crippen LogP contribution in [0.5, 0.6) is 0 Å². The summed E-state index contributed by atoms with van der Waals surface area (Å²) in [6.45, 7) is 3.48. The zero-order chi connectivity index (χ0) is 12.5. The van der Waals surface area contributed by atoms with Crippen molar-refractivity contribution in [1.29, 1.82) is 0 Å². The third-order valence-corrected chi connectivity index (χ3v) is 3.67. The van der Waals surface area contributed by atoms with Crippen LogP contribution in [0.3, 0.4) is 0 Å². The summed E-state index contributed by atoms with van der Waals surface area (Å²) in [5.41, 5.74) is 1.16. The SMILES string of the molecule is CC1CN(C(=O)C2CC2)CC(c2ccccc2)O1. The number of hydrogen-bond donors (Lipinski definition) is 0. The number of carbonyl (C=O) groups excluding carboxylic acids is 1. The van der Waals surface area contributed by atoms with Crippen molar-refractivity contribution in [3.63, 3.8) is 0 Å². The average Bonchev–Trinajstić information content (AvgIpc) is 3.22. The zero-order valence-corrected chi connectivity index (χ0v) is 10.7. The van der Waals surface area contributed by atoms with Gasteiger partial charge in [0.15, 0.2) is 0 Å². The van der Waals surface area contributed by atoms with E-state index in [-0.39, 0.29) is 12.2 Å². The molecule has 2 aliphatic rings. The molecule has 0 spiro atoms. The molecule has 1 aromatic rings. The highest BCUT2D eigenvalue weighted by Crippen LogP contribution is 2.33. The van der Waals surface area contributed by atoms with E-state index in [1.807, 2.05) is 30.0 Å². The minimum Gasteiger partial charge on any atom is -0.367 e. The molecule has 96 valence electrons. The maximum absolute atomic E-state index is 12.2. The molecule has 3 heteroatoms. The second-order valence-corrected chi connectivity index (χ2v) is 5.36. The predicted molar refractivity (Wildman–Crippen MR) is 69.0 cm³/mol. The van der Waals surface area contributed by atoms with Crippen molar-refractivity contribution < 1.29 is 9.53 Å². The van der Waals surface area contributed by atoms with Crippen LogP contribution in [0.4, 0.5) is 0 Å². The Morgan fingerprint density at radius 2 is 1.94 bits per heavy atom. The Labute approximate surface area is 108 Å². The average molecular weight is 245 g/mol. The van der Waals surface area contributed by atoms with Gasteiger partial charge in [-0.3, -0.25) is 4.79 Å². The lowest BCUT2D eigenvalue weighted by atomic mass is 10.1. The minimum absolute atomic E-state index is 0.0256. The van der Waals surface area contributed by atoms with E-state index >= 15 is 0 Å². The van der Waals surface area contributed by atoms with Gasteiger partial charge in [0.25, 0.3) is 0 Å². The van der Waals surface area contributed by atoms with Crippen molar-refractivity contribution in [2.24, 2.45) is 5.92 Å². The van der Waals surface area contributed by atoms with Crippen molar-refractivity contribution in [3.05, 3.63) is 35.9 Å². The van der Waals surface area contributed by atoms with Gasteiger partial charge in [0.05, 0.1) is 12.6 Å². The summed E-state index contributed by atoms with van der Waals surface area (Å²) in [6, 6.07) is 10.2. The molecule has 3 nitrogen and oxygen atoms in total. The summed E-state index contributed by atoms with van der Waals surface area (Å²) in [5, 5.41) is 0. The van der Waals surface area contributed by atoms with E-state index in [2.05, 4.69) is 12.1 Å². The van der Waals surface area contributed by atoms with Gasteiger partial charge in [-0.2, -0.15) is 0 Å². The van der Waals surface area contributed by atoms with Gasteiger partial charge in [-0.15, -0.1) is 0 Å². The summed E-state index contributed by atoms with van der Waals surface area (Å²) in [7, 11) is 0. The Balaban J connectivity index is 1.74. The van der Waals surface area contributed by atoms with E-state index in [9.17, 15) is 4.79 Å². The second kappa shape index (κ2) is 4.73. The first-order valence-electron chi connectivity index (χ1n) is 6.73. The molecule has 1 aromatic carbocycles. The Kier molecular flexibility index (Phi) is 3.08. The standard InChI is InChI=1S/C15H19NO2/c1-11-9-16(15(17)13-7-8-13)10-14(18-11)12-5-3-2-4-6-12/h2-6,11,13-14H,7-10H2,1H3. The number of rotatable bonds is 2. The molecule has 0 N–H and O–H groups in total. The number of ether oxygens (including phenoxy) is 1. The highest BCUT2D eigenvalue weighted by atomic mass is 16.5. The molecule has 0 aromatic heterocycles. The second-order valence-electron chi connectivity index (χ2n) is 5.36. The number of amides is 1. The van der Waals surface area contributed by atoms with Crippen LogP contribution < -0.4 is 0 Å². The molecule has 2 atom stereocenters. The quantitative estimate of drug-likeness (QED) is 0.800. The van der Waals surface area contributed by atoms with Gasteiger partial charge < -0.3 is 9.64 Å². The summed E-state index contributed by atoms with van der Waals surface area (Å²) < 4.78 is 5.96. The molecule has 1 saturated carbocycles. The summed E-state index contributed by atoms with van der Waals surface area (Å²) in [5.74, 6) is 0.623. The van der Waals surface area contributed by atoms with E-state index in [0.717, 1.165) is 24.9 Å². The van der Waals surface area contributed by atoms with Crippen LogP contribution in [0.1, 0.15) is 31.4 Å². The molecule has 3 rings (SSSR count). The summed E-state index contributed by atoms with van der Waals surface area (Å²) in [4.78, 5) is 14.1. The van der Waals surface area contributed by atoms with Gasteiger partial charge in [-0.25, -0.2) is 0 Å². The van der Waals surface area contributed by atoms with E-state index in [4.69, 9.17) is 4.74 Å². The number of carbonyl (C=O) groups is 1. The molecule has 1 heterocycles. The van der Waals surface area contributed by atoms with E-state index < -0.39 is 0 Å². The molecule has 1 amide bonds. The van der Waals surface area contributed by atoms with Crippen LogP contribution in [0, 0.1) is 5.92 Å². The summed E-state index contributed by atoms with van der Waals surface area (Å²) >= 11 is 0. The Hall–Kier alpha value is -1.35. The lowest BCUT2D eigenvalue weighted by molar-refractivity contribution is -0.146. The third kappa shape index (κ3) is 2.41. The number of hydrogen-bond acceptors (Lipinski definition) is 2. The lowest BCUT2D eigenvalue weighted by Crippen LogP contribution is -2.46. The fourth-order valence-electron chi connectivity index (χ4n) is 2.57. The fourth-order valence-corrected chi connectivity index (χ4v) is 2.57. The number of morpholine rings is 1. The first-order valence-corrected chi connectivity index (χ1v) is 6.73. The molecule has 1 saturated heterocycles.